The van der Waals surface area contributed by atoms with Crippen molar-refractivity contribution < 1.29 is 27.9 Å². The van der Waals surface area contributed by atoms with Crippen molar-refractivity contribution in [2.24, 2.45) is 5.41 Å². The Hall–Kier alpha value is -2.25. The van der Waals surface area contributed by atoms with Crippen molar-refractivity contribution in [3.63, 3.8) is 0 Å². The summed E-state index contributed by atoms with van der Waals surface area (Å²) >= 11 is 0. The number of hydrogen-bond acceptors (Lipinski definition) is 2. The number of halogens is 3. The van der Waals surface area contributed by atoms with Crippen molar-refractivity contribution in [1.82, 2.24) is 10.2 Å². The monoisotopic (exact) mass is 330 g/mol. The zero-order valence-corrected chi connectivity index (χ0v) is 12.5. The Labute approximate surface area is 131 Å². The number of alkyl halides is 3. The predicted molar refractivity (Wildman–Crippen MR) is 75.6 cm³/mol. The molecule has 2 N–H and O–H groups in total. The first-order valence-electron chi connectivity index (χ1n) is 7.05. The Balaban J connectivity index is 2.00. The maximum Gasteiger partial charge on any atom is 0.416 e. The second-order valence-electron chi connectivity index (χ2n) is 5.85. The van der Waals surface area contributed by atoms with Gasteiger partial charge in [-0.05, 0) is 25.0 Å². The Morgan fingerprint density at radius 1 is 1.35 bits per heavy atom. The summed E-state index contributed by atoms with van der Waals surface area (Å²) in [5, 5.41) is 11.5. The first kappa shape index (κ1) is 17.1. The van der Waals surface area contributed by atoms with Crippen molar-refractivity contribution in [2.75, 3.05) is 13.1 Å². The third-order valence-electron chi connectivity index (χ3n) is 4.03. The van der Waals surface area contributed by atoms with Gasteiger partial charge in [-0.3, -0.25) is 4.79 Å². The van der Waals surface area contributed by atoms with Crippen molar-refractivity contribution >= 4 is 12.0 Å². The molecule has 1 aliphatic rings. The number of benzene rings is 1. The van der Waals surface area contributed by atoms with Crippen LogP contribution in [0.25, 0.3) is 0 Å². The second kappa shape index (κ2) is 6.10. The zero-order chi connectivity index (χ0) is 17.3. The SMILES string of the molecule is CC1(C(=O)O)CCN(C(=O)NCc2ccccc2C(F)(F)F)C1. The number of nitrogens with zero attached hydrogens (tertiary/aromatic N) is 1. The van der Waals surface area contributed by atoms with Gasteiger partial charge in [-0.1, -0.05) is 18.2 Å². The van der Waals surface area contributed by atoms with Crippen LogP contribution in [0.5, 0.6) is 0 Å². The van der Waals surface area contributed by atoms with E-state index in [9.17, 15) is 22.8 Å². The molecule has 1 aromatic rings. The number of urea groups is 1. The molecule has 0 spiro atoms. The van der Waals surface area contributed by atoms with E-state index in [4.69, 9.17) is 5.11 Å². The van der Waals surface area contributed by atoms with Gasteiger partial charge < -0.3 is 15.3 Å². The van der Waals surface area contributed by atoms with E-state index < -0.39 is 29.2 Å². The molecular weight excluding hydrogens is 313 g/mol. The Morgan fingerprint density at radius 2 is 2.00 bits per heavy atom. The fourth-order valence-corrected chi connectivity index (χ4v) is 2.54. The fourth-order valence-electron chi connectivity index (χ4n) is 2.54. The summed E-state index contributed by atoms with van der Waals surface area (Å²) in [6.07, 6.45) is -4.17. The highest BCUT2D eigenvalue weighted by Crippen LogP contribution is 2.32. The van der Waals surface area contributed by atoms with E-state index in [0.717, 1.165) is 6.07 Å². The molecule has 23 heavy (non-hydrogen) atoms. The highest BCUT2D eigenvalue weighted by Gasteiger charge is 2.42. The number of rotatable bonds is 3. The first-order valence-corrected chi connectivity index (χ1v) is 7.05. The molecule has 0 saturated carbocycles. The maximum atomic E-state index is 12.9. The van der Waals surface area contributed by atoms with Gasteiger partial charge in [0, 0.05) is 19.6 Å². The van der Waals surface area contributed by atoms with E-state index in [2.05, 4.69) is 5.32 Å². The molecule has 1 aliphatic heterocycles. The molecular formula is C15H17F3N2O3. The summed E-state index contributed by atoms with van der Waals surface area (Å²) in [5.74, 6) is -0.991. The molecule has 1 aromatic carbocycles. The third kappa shape index (κ3) is 3.75. The smallest absolute Gasteiger partial charge is 0.416 e. The van der Waals surface area contributed by atoms with Gasteiger partial charge in [-0.25, -0.2) is 4.79 Å². The highest BCUT2D eigenvalue weighted by atomic mass is 19.4. The average Bonchev–Trinajstić information content (AvgIpc) is 2.88. The minimum atomic E-state index is -4.49. The number of hydrogen-bond donors (Lipinski definition) is 2. The van der Waals surface area contributed by atoms with Gasteiger partial charge in [-0.15, -0.1) is 0 Å². The molecule has 1 atom stereocenters. The topological polar surface area (TPSA) is 69.6 Å². The standard InChI is InChI=1S/C15H17F3N2O3/c1-14(12(21)22)6-7-20(9-14)13(23)19-8-10-4-2-3-5-11(10)15(16,17)18/h2-5H,6-9H2,1H3,(H,19,23)(H,21,22). The van der Waals surface area contributed by atoms with Crippen LogP contribution in [0.15, 0.2) is 24.3 Å². The van der Waals surface area contributed by atoms with E-state index in [1.165, 1.54) is 23.1 Å². The molecule has 2 rings (SSSR count). The number of likely N-dealkylation sites (tertiary alicyclic amines) is 1. The van der Waals surface area contributed by atoms with Crippen LogP contribution in [0.1, 0.15) is 24.5 Å². The second-order valence-corrected chi connectivity index (χ2v) is 5.85. The quantitative estimate of drug-likeness (QED) is 0.895. The number of carbonyl (C=O) groups excluding carboxylic acids is 1. The number of nitrogens with one attached hydrogen (secondary N) is 1. The molecule has 0 bridgehead atoms. The van der Waals surface area contributed by atoms with Gasteiger partial charge in [0.15, 0.2) is 0 Å². The molecule has 5 nitrogen and oxygen atoms in total. The van der Waals surface area contributed by atoms with E-state index in [0.29, 0.717) is 6.42 Å². The van der Waals surface area contributed by atoms with E-state index in [1.807, 2.05) is 0 Å². The lowest BCUT2D eigenvalue weighted by atomic mass is 9.90. The molecule has 8 heteroatoms. The Morgan fingerprint density at radius 3 is 2.57 bits per heavy atom. The number of carboxylic acid groups (broad SMARTS) is 1. The van der Waals surface area contributed by atoms with Crippen LogP contribution in [0.4, 0.5) is 18.0 Å². The summed E-state index contributed by atoms with van der Waals surface area (Å²) in [5.41, 5.74) is -1.84. The summed E-state index contributed by atoms with van der Waals surface area (Å²) in [6, 6.07) is 4.45. The fraction of sp³-hybridized carbons (Fsp3) is 0.467. The third-order valence-corrected chi connectivity index (χ3v) is 4.03. The van der Waals surface area contributed by atoms with Crippen LogP contribution in [0.2, 0.25) is 0 Å². The summed E-state index contributed by atoms with van der Waals surface area (Å²) in [7, 11) is 0. The first-order chi connectivity index (χ1) is 10.6. The lowest BCUT2D eigenvalue weighted by Gasteiger charge is -2.21. The molecule has 2 amide bonds. The molecule has 0 aliphatic carbocycles. The molecule has 1 unspecified atom stereocenters. The highest BCUT2D eigenvalue weighted by molar-refractivity contribution is 5.79. The van der Waals surface area contributed by atoms with Gasteiger partial charge in [0.1, 0.15) is 0 Å². The molecule has 1 heterocycles. The molecule has 126 valence electrons. The summed E-state index contributed by atoms with van der Waals surface area (Å²) in [4.78, 5) is 24.5. The van der Waals surface area contributed by atoms with E-state index >= 15 is 0 Å². The van der Waals surface area contributed by atoms with Crippen LogP contribution in [-0.2, 0) is 17.5 Å². The minimum Gasteiger partial charge on any atom is -0.481 e. The van der Waals surface area contributed by atoms with Crippen LogP contribution >= 0.6 is 0 Å². The van der Waals surface area contributed by atoms with Crippen LogP contribution in [0.3, 0.4) is 0 Å². The number of carbonyl (C=O) groups is 2. The number of amides is 2. The van der Waals surface area contributed by atoms with E-state index in [1.54, 1.807) is 6.92 Å². The minimum absolute atomic E-state index is 0.0338. The molecule has 0 aromatic heterocycles. The van der Waals surface area contributed by atoms with Crippen molar-refractivity contribution in [2.45, 2.75) is 26.1 Å². The van der Waals surface area contributed by atoms with Crippen LogP contribution < -0.4 is 5.32 Å². The Kier molecular flexibility index (Phi) is 4.53. The average molecular weight is 330 g/mol. The van der Waals surface area contributed by atoms with Crippen molar-refractivity contribution in [3.8, 4) is 0 Å². The number of aliphatic carboxylic acids is 1. The maximum absolute atomic E-state index is 12.9. The van der Waals surface area contributed by atoms with Crippen LogP contribution in [-0.4, -0.2) is 35.1 Å². The van der Waals surface area contributed by atoms with Gasteiger partial charge in [0.2, 0.25) is 0 Å². The predicted octanol–water partition coefficient (Wildman–Crippen LogP) is 2.71. The van der Waals surface area contributed by atoms with Gasteiger partial charge in [0.25, 0.3) is 0 Å². The van der Waals surface area contributed by atoms with Crippen molar-refractivity contribution in [3.05, 3.63) is 35.4 Å². The normalized spacial score (nSPS) is 21.3. The van der Waals surface area contributed by atoms with Gasteiger partial charge in [-0.2, -0.15) is 13.2 Å². The molecule has 1 saturated heterocycles. The molecule has 0 radical (unpaired) electrons. The Bertz CT molecular complexity index is 618. The summed E-state index contributed by atoms with van der Waals surface area (Å²) < 4.78 is 38.6. The lowest BCUT2D eigenvalue weighted by Crippen LogP contribution is -2.40. The zero-order valence-electron chi connectivity index (χ0n) is 12.5. The largest absolute Gasteiger partial charge is 0.481 e. The van der Waals surface area contributed by atoms with Gasteiger partial charge in [0.05, 0.1) is 11.0 Å². The van der Waals surface area contributed by atoms with E-state index in [-0.39, 0.29) is 25.2 Å². The van der Waals surface area contributed by atoms with Gasteiger partial charge >= 0.3 is 18.2 Å². The van der Waals surface area contributed by atoms with Crippen LogP contribution in [0, 0.1) is 5.41 Å². The van der Waals surface area contributed by atoms with Crippen molar-refractivity contribution in [1.29, 1.82) is 0 Å². The molecule has 1 fully saturated rings. The lowest BCUT2D eigenvalue weighted by molar-refractivity contribution is -0.147. The number of carboxylic acids is 1. The summed E-state index contributed by atoms with van der Waals surface area (Å²) in [6.45, 7) is 1.57.